The van der Waals surface area contributed by atoms with Crippen molar-refractivity contribution in [3.8, 4) is 0 Å². The molecule has 1 aliphatic rings. The molecule has 1 fully saturated rings. The number of morpholine rings is 1. The zero-order chi connectivity index (χ0) is 15.4. The fourth-order valence-electron chi connectivity index (χ4n) is 2.82. The number of rotatable bonds is 5. The van der Waals surface area contributed by atoms with Gasteiger partial charge in [0, 0.05) is 24.4 Å². The van der Waals surface area contributed by atoms with Gasteiger partial charge in [0.2, 0.25) is 0 Å². The number of carbonyl (C=O) groups is 1. The molecule has 0 aromatic heterocycles. The zero-order valence-corrected chi connectivity index (χ0v) is 14.3. The van der Waals surface area contributed by atoms with Crippen LogP contribution in [0.4, 0.5) is 0 Å². The van der Waals surface area contributed by atoms with Gasteiger partial charge < -0.3 is 4.74 Å². The van der Waals surface area contributed by atoms with Gasteiger partial charge >= 0.3 is 0 Å². The molecule has 0 aromatic rings. The van der Waals surface area contributed by atoms with Gasteiger partial charge in [-0.2, -0.15) is 0 Å². The molecule has 0 bridgehead atoms. The molecule has 0 aromatic carbocycles. The van der Waals surface area contributed by atoms with E-state index in [0.29, 0.717) is 5.78 Å². The number of hydrogen-bond donors (Lipinski definition) is 0. The number of ether oxygens (including phenoxy) is 1. The van der Waals surface area contributed by atoms with Crippen LogP contribution in [-0.2, 0) is 9.53 Å². The molecule has 0 saturated carbocycles. The minimum Gasteiger partial charge on any atom is -0.379 e. The fraction of sp³-hybridized carbons (Fsp3) is 0.941. The number of ketones is 1. The minimum absolute atomic E-state index is 0.0510. The highest BCUT2D eigenvalue weighted by atomic mass is 16.5. The number of hydrogen-bond acceptors (Lipinski definition) is 3. The highest BCUT2D eigenvalue weighted by Crippen LogP contribution is 2.36. The van der Waals surface area contributed by atoms with E-state index in [9.17, 15) is 4.79 Å². The molecule has 118 valence electrons. The Morgan fingerprint density at radius 1 is 1.10 bits per heavy atom. The summed E-state index contributed by atoms with van der Waals surface area (Å²) in [5.41, 5.74) is -0.188. The summed E-state index contributed by atoms with van der Waals surface area (Å²) in [5.74, 6) is 0.565. The first kappa shape index (κ1) is 17.6. The molecule has 1 rings (SSSR count). The van der Waals surface area contributed by atoms with Crippen LogP contribution in [0.15, 0.2) is 0 Å². The second-order valence-electron chi connectivity index (χ2n) is 8.13. The summed E-state index contributed by atoms with van der Waals surface area (Å²) < 4.78 is 5.37. The van der Waals surface area contributed by atoms with Crippen LogP contribution in [0.1, 0.15) is 54.4 Å². The van der Waals surface area contributed by atoms with Gasteiger partial charge in [0.1, 0.15) is 5.78 Å². The third-order valence-electron chi connectivity index (χ3n) is 4.17. The molecule has 0 spiro atoms. The second kappa shape index (κ2) is 7.04. The van der Waals surface area contributed by atoms with Crippen LogP contribution in [0.5, 0.6) is 0 Å². The summed E-state index contributed by atoms with van der Waals surface area (Å²) in [6.45, 7) is 17.5. The number of nitrogens with zero attached hydrogens (tertiary/aromatic N) is 1. The van der Waals surface area contributed by atoms with Gasteiger partial charge in [0.25, 0.3) is 0 Å². The molecule has 1 aliphatic heterocycles. The van der Waals surface area contributed by atoms with Crippen LogP contribution < -0.4 is 0 Å². The molecule has 1 heterocycles. The van der Waals surface area contributed by atoms with Crippen LogP contribution in [0.3, 0.4) is 0 Å². The second-order valence-corrected chi connectivity index (χ2v) is 8.13. The van der Waals surface area contributed by atoms with Gasteiger partial charge in [-0.1, -0.05) is 41.5 Å². The van der Waals surface area contributed by atoms with E-state index < -0.39 is 0 Å². The molecule has 0 N–H and O–H groups in total. The molecule has 0 amide bonds. The summed E-state index contributed by atoms with van der Waals surface area (Å²) in [5, 5.41) is 0. The smallest absolute Gasteiger partial charge is 0.141 e. The van der Waals surface area contributed by atoms with Crippen molar-refractivity contribution in [1.29, 1.82) is 0 Å². The summed E-state index contributed by atoms with van der Waals surface area (Å²) >= 11 is 0. The minimum atomic E-state index is -0.239. The molecule has 0 aliphatic carbocycles. The largest absolute Gasteiger partial charge is 0.379 e. The van der Waals surface area contributed by atoms with Crippen LogP contribution in [0.25, 0.3) is 0 Å². The van der Waals surface area contributed by atoms with Gasteiger partial charge in [-0.25, -0.2) is 0 Å². The van der Waals surface area contributed by atoms with E-state index in [4.69, 9.17) is 4.74 Å². The molecule has 3 heteroatoms. The van der Waals surface area contributed by atoms with E-state index >= 15 is 0 Å². The molecule has 20 heavy (non-hydrogen) atoms. The Kier molecular flexibility index (Phi) is 6.21. The lowest BCUT2D eigenvalue weighted by Crippen LogP contribution is -2.39. The van der Waals surface area contributed by atoms with E-state index in [0.717, 1.165) is 45.7 Å². The fourth-order valence-corrected chi connectivity index (χ4v) is 2.82. The maximum Gasteiger partial charge on any atom is 0.141 e. The third kappa shape index (κ3) is 5.53. The van der Waals surface area contributed by atoms with Crippen LogP contribution in [0, 0.1) is 16.7 Å². The lowest BCUT2D eigenvalue weighted by atomic mass is 9.69. The normalized spacial score (nSPS) is 19.9. The van der Waals surface area contributed by atoms with Gasteiger partial charge in [0.15, 0.2) is 0 Å². The van der Waals surface area contributed by atoms with E-state index in [1.807, 2.05) is 20.8 Å². The summed E-state index contributed by atoms with van der Waals surface area (Å²) in [7, 11) is 0. The summed E-state index contributed by atoms with van der Waals surface area (Å²) in [4.78, 5) is 15.1. The van der Waals surface area contributed by atoms with Crippen LogP contribution in [-0.4, -0.2) is 43.5 Å². The Morgan fingerprint density at radius 2 is 1.65 bits per heavy atom. The lowest BCUT2D eigenvalue weighted by Gasteiger charge is -2.35. The molecular weight excluding hydrogens is 250 g/mol. The van der Waals surface area contributed by atoms with E-state index in [-0.39, 0.29) is 16.7 Å². The highest BCUT2D eigenvalue weighted by Gasteiger charge is 2.36. The van der Waals surface area contributed by atoms with Crippen molar-refractivity contribution in [3.63, 3.8) is 0 Å². The van der Waals surface area contributed by atoms with Crippen molar-refractivity contribution in [2.24, 2.45) is 16.7 Å². The Balaban J connectivity index is 2.51. The van der Waals surface area contributed by atoms with Crippen molar-refractivity contribution < 1.29 is 9.53 Å². The predicted octanol–water partition coefficient (Wildman–Crippen LogP) is 3.38. The zero-order valence-electron chi connectivity index (χ0n) is 14.3. The average molecular weight is 283 g/mol. The molecule has 1 saturated heterocycles. The maximum atomic E-state index is 12.7. The third-order valence-corrected chi connectivity index (χ3v) is 4.17. The van der Waals surface area contributed by atoms with Crippen molar-refractivity contribution in [3.05, 3.63) is 0 Å². The Hall–Kier alpha value is -0.410. The standard InChI is InChI=1S/C17H33NO2/c1-16(2,3)14(15(19)17(4,5)6)8-7-9-18-10-12-20-13-11-18/h14H,7-13H2,1-6H3/t14-/m0/s1. The lowest BCUT2D eigenvalue weighted by molar-refractivity contribution is -0.134. The first-order valence-electron chi connectivity index (χ1n) is 7.97. The number of Topliss-reactive ketones (excluding diaryl/α,β-unsaturated/α-hetero) is 1. The molecule has 1 atom stereocenters. The molecule has 3 nitrogen and oxygen atoms in total. The van der Waals surface area contributed by atoms with Crippen LogP contribution in [0.2, 0.25) is 0 Å². The van der Waals surface area contributed by atoms with E-state index in [2.05, 4.69) is 25.7 Å². The van der Waals surface area contributed by atoms with Gasteiger partial charge in [-0.05, 0) is 24.8 Å². The first-order valence-corrected chi connectivity index (χ1v) is 7.97. The van der Waals surface area contributed by atoms with Crippen molar-refractivity contribution >= 4 is 5.78 Å². The topological polar surface area (TPSA) is 29.5 Å². The predicted molar refractivity (Wildman–Crippen MR) is 83.9 cm³/mol. The SMILES string of the molecule is CC(C)(C)C(=O)[C@H](CCCN1CCOCC1)C(C)(C)C. The summed E-state index contributed by atoms with van der Waals surface area (Å²) in [6, 6.07) is 0. The van der Waals surface area contributed by atoms with Crippen molar-refractivity contribution in [2.75, 3.05) is 32.8 Å². The Labute approximate surface area is 125 Å². The molecule has 0 unspecified atom stereocenters. The summed E-state index contributed by atoms with van der Waals surface area (Å²) in [6.07, 6.45) is 2.10. The van der Waals surface area contributed by atoms with Gasteiger partial charge in [0.05, 0.1) is 13.2 Å². The maximum absolute atomic E-state index is 12.7. The average Bonchev–Trinajstić information content (AvgIpc) is 2.32. The van der Waals surface area contributed by atoms with E-state index in [1.165, 1.54) is 0 Å². The van der Waals surface area contributed by atoms with Gasteiger partial charge in [-0.15, -0.1) is 0 Å². The molecular formula is C17H33NO2. The Morgan fingerprint density at radius 3 is 2.10 bits per heavy atom. The Bertz CT molecular complexity index is 306. The number of carbonyl (C=O) groups excluding carboxylic acids is 1. The van der Waals surface area contributed by atoms with Crippen molar-refractivity contribution in [2.45, 2.75) is 54.4 Å². The highest BCUT2D eigenvalue weighted by molar-refractivity contribution is 5.86. The van der Waals surface area contributed by atoms with E-state index in [1.54, 1.807) is 0 Å². The monoisotopic (exact) mass is 283 g/mol. The quantitative estimate of drug-likeness (QED) is 0.774. The first-order chi connectivity index (χ1) is 9.12. The van der Waals surface area contributed by atoms with Gasteiger partial charge in [-0.3, -0.25) is 9.69 Å². The van der Waals surface area contributed by atoms with Crippen LogP contribution >= 0.6 is 0 Å². The molecule has 0 radical (unpaired) electrons. The van der Waals surface area contributed by atoms with Crippen molar-refractivity contribution in [1.82, 2.24) is 4.90 Å².